The monoisotopic (exact) mass is 287 g/mol. The summed E-state index contributed by atoms with van der Waals surface area (Å²) >= 11 is 1.20. The minimum absolute atomic E-state index is 0.00551. The summed E-state index contributed by atoms with van der Waals surface area (Å²) in [6.07, 6.45) is 1.93. The maximum absolute atomic E-state index is 10.6. The second kappa shape index (κ2) is 8.16. The Hall–Kier alpha value is -1.08. The molecule has 1 unspecified atom stereocenters. The van der Waals surface area contributed by atoms with Crippen LogP contribution < -0.4 is 0 Å². The summed E-state index contributed by atoms with van der Waals surface area (Å²) in [7, 11) is 1.64. The lowest BCUT2D eigenvalue weighted by atomic mass is 10.1. The van der Waals surface area contributed by atoms with Crippen LogP contribution >= 0.6 is 11.8 Å². The van der Waals surface area contributed by atoms with Gasteiger partial charge in [0.1, 0.15) is 5.82 Å². The first-order chi connectivity index (χ1) is 9.08. The SMILES string of the molecule is CCC(C)Cc1nnc(SCC(=O)O)n1CCOC. The first kappa shape index (κ1) is 16.0. The molecule has 0 aromatic carbocycles. The van der Waals surface area contributed by atoms with Gasteiger partial charge in [-0.25, -0.2) is 0 Å². The van der Waals surface area contributed by atoms with Crippen molar-refractivity contribution in [1.29, 1.82) is 0 Å². The molecular weight excluding hydrogens is 266 g/mol. The van der Waals surface area contributed by atoms with Crippen LogP contribution in [-0.2, 0) is 22.5 Å². The number of carbonyl (C=O) groups is 1. The Balaban J connectivity index is 2.81. The van der Waals surface area contributed by atoms with E-state index in [1.165, 1.54) is 11.8 Å². The van der Waals surface area contributed by atoms with Crippen LogP contribution in [0.3, 0.4) is 0 Å². The Morgan fingerprint density at radius 2 is 2.26 bits per heavy atom. The smallest absolute Gasteiger partial charge is 0.313 e. The van der Waals surface area contributed by atoms with Gasteiger partial charge in [-0.2, -0.15) is 0 Å². The zero-order chi connectivity index (χ0) is 14.3. The summed E-state index contributed by atoms with van der Waals surface area (Å²) in [6, 6.07) is 0. The number of aliphatic carboxylic acids is 1. The second-order valence-electron chi connectivity index (χ2n) is 4.44. The summed E-state index contributed by atoms with van der Waals surface area (Å²) in [4.78, 5) is 10.6. The van der Waals surface area contributed by atoms with Gasteiger partial charge in [-0.05, 0) is 5.92 Å². The van der Waals surface area contributed by atoms with Crippen LogP contribution in [0.15, 0.2) is 5.16 Å². The molecule has 0 amide bonds. The number of hydrogen-bond acceptors (Lipinski definition) is 5. The quantitative estimate of drug-likeness (QED) is 0.696. The van der Waals surface area contributed by atoms with Gasteiger partial charge in [-0.15, -0.1) is 10.2 Å². The van der Waals surface area contributed by atoms with E-state index in [2.05, 4.69) is 24.0 Å². The maximum Gasteiger partial charge on any atom is 0.313 e. The summed E-state index contributed by atoms with van der Waals surface area (Å²) in [5, 5.41) is 17.6. The molecular formula is C12H21N3O3S. The van der Waals surface area contributed by atoms with E-state index in [1.54, 1.807) is 7.11 Å². The standard InChI is InChI=1S/C12H21N3O3S/c1-4-9(2)7-10-13-14-12(19-8-11(16)17)15(10)5-6-18-3/h9H,4-8H2,1-3H3,(H,16,17). The average molecular weight is 287 g/mol. The Kier molecular flexibility index (Phi) is 6.86. The van der Waals surface area contributed by atoms with Crippen molar-refractivity contribution in [2.45, 2.75) is 38.4 Å². The first-order valence-corrected chi connectivity index (χ1v) is 7.32. The molecule has 0 aliphatic carbocycles. The van der Waals surface area contributed by atoms with Gasteiger partial charge in [0, 0.05) is 20.1 Å². The molecule has 6 nitrogen and oxygen atoms in total. The molecule has 1 aromatic rings. The highest BCUT2D eigenvalue weighted by Crippen LogP contribution is 2.19. The number of carboxylic acids is 1. The van der Waals surface area contributed by atoms with Gasteiger partial charge in [0.25, 0.3) is 0 Å². The maximum atomic E-state index is 10.6. The highest BCUT2D eigenvalue weighted by Gasteiger charge is 2.15. The van der Waals surface area contributed by atoms with Crippen LogP contribution in [0, 0.1) is 5.92 Å². The number of ether oxygens (including phenoxy) is 1. The van der Waals surface area contributed by atoms with Crippen molar-refractivity contribution in [3.63, 3.8) is 0 Å². The number of aromatic nitrogens is 3. The molecule has 0 saturated carbocycles. The summed E-state index contributed by atoms with van der Waals surface area (Å²) in [5.74, 6) is 0.575. The predicted octanol–water partition coefficient (Wildman–Crippen LogP) is 1.69. The molecule has 1 heterocycles. The normalized spacial score (nSPS) is 12.6. The predicted molar refractivity (Wildman–Crippen MR) is 73.4 cm³/mol. The largest absolute Gasteiger partial charge is 0.481 e. The van der Waals surface area contributed by atoms with E-state index < -0.39 is 5.97 Å². The zero-order valence-electron chi connectivity index (χ0n) is 11.6. The lowest BCUT2D eigenvalue weighted by Crippen LogP contribution is -2.12. The molecule has 7 heteroatoms. The number of rotatable bonds is 9. The highest BCUT2D eigenvalue weighted by atomic mass is 32.2. The molecule has 108 valence electrons. The van der Waals surface area contributed by atoms with Crippen molar-refractivity contribution in [2.75, 3.05) is 19.5 Å². The van der Waals surface area contributed by atoms with E-state index in [0.717, 1.165) is 18.7 Å². The van der Waals surface area contributed by atoms with Crippen LogP contribution in [0.1, 0.15) is 26.1 Å². The summed E-state index contributed by atoms with van der Waals surface area (Å²) in [6.45, 7) is 5.52. The minimum Gasteiger partial charge on any atom is -0.481 e. The van der Waals surface area contributed by atoms with E-state index in [4.69, 9.17) is 9.84 Å². The van der Waals surface area contributed by atoms with Gasteiger partial charge < -0.3 is 14.4 Å². The molecule has 0 radical (unpaired) electrons. The molecule has 0 spiro atoms. The number of hydrogen-bond donors (Lipinski definition) is 1. The molecule has 1 N–H and O–H groups in total. The Morgan fingerprint density at radius 1 is 1.53 bits per heavy atom. The van der Waals surface area contributed by atoms with E-state index in [-0.39, 0.29) is 5.75 Å². The topological polar surface area (TPSA) is 77.2 Å². The molecule has 0 bridgehead atoms. The average Bonchev–Trinajstić information content (AvgIpc) is 2.75. The van der Waals surface area contributed by atoms with Gasteiger partial charge in [-0.3, -0.25) is 4.79 Å². The molecule has 1 rings (SSSR count). The van der Waals surface area contributed by atoms with Crippen molar-refractivity contribution >= 4 is 17.7 Å². The van der Waals surface area contributed by atoms with E-state index in [0.29, 0.717) is 24.2 Å². The third-order valence-corrected chi connectivity index (χ3v) is 3.82. The van der Waals surface area contributed by atoms with Gasteiger partial charge in [-0.1, -0.05) is 32.0 Å². The van der Waals surface area contributed by atoms with Gasteiger partial charge in [0.2, 0.25) is 0 Å². The Labute approximate surface area is 117 Å². The van der Waals surface area contributed by atoms with Crippen LogP contribution in [-0.4, -0.2) is 45.3 Å². The lowest BCUT2D eigenvalue weighted by molar-refractivity contribution is -0.133. The fourth-order valence-corrected chi connectivity index (χ4v) is 2.27. The van der Waals surface area contributed by atoms with Crippen molar-refractivity contribution in [3.05, 3.63) is 5.82 Å². The lowest BCUT2D eigenvalue weighted by Gasteiger charge is -2.11. The molecule has 0 aliphatic rings. The Morgan fingerprint density at radius 3 is 2.84 bits per heavy atom. The summed E-state index contributed by atoms with van der Waals surface area (Å²) < 4.78 is 7.04. The van der Waals surface area contributed by atoms with E-state index in [9.17, 15) is 4.79 Å². The molecule has 1 atom stereocenters. The van der Waals surface area contributed by atoms with Crippen LogP contribution in [0.2, 0.25) is 0 Å². The van der Waals surface area contributed by atoms with E-state index >= 15 is 0 Å². The van der Waals surface area contributed by atoms with Crippen molar-refractivity contribution in [3.8, 4) is 0 Å². The number of carboxylic acid groups (broad SMARTS) is 1. The van der Waals surface area contributed by atoms with Gasteiger partial charge in [0.05, 0.1) is 12.4 Å². The molecule has 0 saturated heterocycles. The molecule has 19 heavy (non-hydrogen) atoms. The third kappa shape index (κ3) is 5.20. The van der Waals surface area contributed by atoms with Gasteiger partial charge >= 0.3 is 5.97 Å². The van der Waals surface area contributed by atoms with Crippen LogP contribution in [0.5, 0.6) is 0 Å². The number of methoxy groups -OCH3 is 1. The third-order valence-electron chi connectivity index (χ3n) is 2.87. The Bertz CT molecular complexity index is 409. The fourth-order valence-electron chi connectivity index (χ4n) is 1.57. The van der Waals surface area contributed by atoms with Crippen LogP contribution in [0.4, 0.5) is 0 Å². The van der Waals surface area contributed by atoms with Crippen LogP contribution in [0.25, 0.3) is 0 Å². The number of nitrogens with zero attached hydrogens (tertiary/aromatic N) is 3. The summed E-state index contributed by atoms with van der Waals surface area (Å²) in [5.41, 5.74) is 0. The molecule has 1 aromatic heterocycles. The second-order valence-corrected chi connectivity index (χ2v) is 5.39. The zero-order valence-corrected chi connectivity index (χ0v) is 12.4. The minimum atomic E-state index is -0.852. The molecule has 0 aliphatic heterocycles. The van der Waals surface area contributed by atoms with Gasteiger partial charge in [0.15, 0.2) is 5.16 Å². The van der Waals surface area contributed by atoms with Crippen molar-refractivity contribution in [2.24, 2.45) is 5.92 Å². The van der Waals surface area contributed by atoms with Crippen molar-refractivity contribution < 1.29 is 14.6 Å². The van der Waals surface area contributed by atoms with E-state index in [1.807, 2.05) is 4.57 Å². The first-order valence-electron chi connectivity index (χ1n) is 6.34. The fraction of sp³-hybridized carbons (Fsp3) is 0.750. The highest BCUT2D eigenvalue weighted by molar-refractivity contribution is 7.99. The van der Waals surface area contributed by atoms with Crippen molar-refractivity contribution in [1.82, 2.24) is 14.8 Å². The number of thioether (sulfide) groups is 1. The molecule has 0 fully saturated rings.